The van der Waals surface area contributed by atoms with Crippen molar-refractivity contribution in [2.75, 3.05) is 22.9 Å². The summed E-state index contributed by atoms with van der Waals surface area (Å²) in [6.45, 7) is 10.4. The molecule has 0 unspecified atom stereocenters. The van der Waals surface area contributed by atoms with Crippen molar-refractivity contribution < 1.29 is 43.7 Å². The van der Waals surface area contributed by atoms with Gasteiger partial charge in [-0.15, -0.1) is 0 Å². The first kappa shape index (κ1) is 32.7. The Balaban J connectivity index is 2.17. The van der Waals surface area contributed by atoms with Crippen LogP contribution in [0.4, 0.5) is 28.9 Å². The van der Waals surface area contributed by atoms with Gasteiger partial charge in [0, 0.05) is 0 Å². The van der Waals surface area contributed by atoms with Gasteiger partial charge in [-0.25, -0.2) is 0 Å². The molecule has 2 aliphatic carbocycles. The van der Waals surface area contributed by atoms with Gasteiger partial charge in [0.1, 0.15) is 0 Å². The van der Waals surface area contributed by atoms with Crippen LogP contribution in [0.25, 0.3) is 0 Å². The van der Waals surface area contributed by atoms with Crippen molar-refractivity contribution in [1.29, 1.82) is 0 Å². The van der Waals surface area contributed by atoms with Crippen molar-refractivity contribution in [2.24, 2.45) is 11.8 Å². The summed E-state index contributed by atoms with van der Waals surface area (Å²) < 4.78 is 64.8. The third-order valence-electron chi connectivity index (χ3n) is 8.25. The molecule has 43 heavy (non-hydrogen) atoms. The van der Waals surface area contributed by atoms with Gasteiger partial charge < -0.3 is 0 Å². The maximum atomic E-state index is 17.1. The third kappa shape index (κ3) is 5.60. The molecular weight excluding hydrogens is 592 g/mol. The van der Waals surface area contributed by atoms with Gasteiger partial charge in [-0.3, -0.25) is 0 Å². The molecule has 4 rings (SSSR count). The zero-order valence-electron chi connectivity index (χ0n) is 25.4. The van der Waals surface area contributed by atoms with Gasteiger partial charge in [-0.1, -0.05) is 0 Å². The molecule has 0 aliphatic heterocycles. The molecule has 0 saturated carbocycles. The van der Waals surface area contributed by atoms with Crippen LogP contribution in [-0.4, -0.2) is 24.9 Å². The van der Waals surface area contributed by atoms with Crippen LogP contribution in [-0.2, 0) is 26.2 Å². The standard InChI is InChI=1S/2C12H14F2NO.2C5H5.Ti/c2*1-4-15(12(16)8(2)3)11-6-5-9(13)7-10(11)14;2*1-2-4-5-3-1;/h2*5-6,8H,4H2,1-3H3;2*1-5H;. The first-order chi connectivity index (χ1) is 20.4. The average Bonchev–Trinajstić information content (AvgIpc) is 3.70. The fraction of sp³-hybridized carbons (Fsp3) is 0.353. The van der Waals surface area contributed by atoms with E-state index in [1.165, 1.54) is 21.9 Å². The van der Waals surface area contributed by atoms with Crippen LogP contribution in [0.15, 0.2) is 72.9 Å². The molecule has 0 radical (unpaired) electrons. The molecular formula is C34H38F4N2O2Ti. The number of benzene rings is 2. The molecule has 2 amide bonds. The molecule has 4 nitrogen and oxygen atoms in total. The van der Waals surface area contributed by atoms with Gasteiger partial charge in [0.2, 0.25) is 0 Å². The van der Waals surface area contributed by atoms with Gasteiger partial charge in [0.25, 0.3) is 0 Å². The van der Waals surface area contributed by atoms with E-state index < -0.39 is 60.1 Å². The van der Waals surface area contributed by atoms with E-state index in [0.717, 1.165) is 12.1 Å². The number of rotatable bonds is 10. The number of hydrogen-bond donors (Lipinski definition) is 0. The van der Waals surface area contributed by atoms with Crippen LogP contribution >= 0.6 is 0 Å². The van der Waals surface area contributed by atoms with Crippen LogP contribution < -0.4 is 17.5 Å². The second kappa shape index (κ2) is 13.2. The maximum absolute atomic E-state index is 17.1. The van der Waals surface area contributed by atoms with E-state index in [-0.39, 0.29) is 44.0 Å². The molecule has 0 fully saturated rings. The Morgan fingerprint density at radius 1 is 0.651 bits per heavy atom. The molecule has 228 valence electrons. The molecule has 0 spiro atoms. The van der Waals surface area contributed by atoms with E-state index in [1.54, 1.807) is 90.2 Å². The van der Waals surface area contributed by atoms with Gasteiger partial charge in [0.15, 0.2) is 0 Å². The quantitative estimate of drug-likeness (QED) is 0.206. The van der Waals surface area contributed by atoms with E-state index in [9.17, 15) is 9.59 Å². The Kier molecular flexibility index (Phi) is 10.0. The first-order valence-electron chi connectivity index (χ1n) is 14.7. The summed E-state index contributed by atoms with van der Waals surface area (Å²) in [6, 6.07) is 4.62. The molecule has 0 saturated heterocycles. The predicted octanol–water partition coefficient (Wildman–Crippen LogP) is 7.19. The molecule has 0 bridgehead atoms. The van der Waals surface area contributed by atoms with Crippen LogP contribution in [0.3, 0.4) is 0 Å². The molecule has 0 N–H and O–H groups in total. The number of allylic oxidation sites excluding steroid dienone is 8. The van der Waals surface area contributed by atoms with Gasteiger partial charge in [-0.2, -0.15) is 0 Å². The van der Waals surface area contributed by atoms with Crippen molar-refractivity contribution in [3.05, 3.63) is 96.1 Å². The molecule has 2 aromatic rings. The average molecular weight is 631 g/mol. The predicted molar refractivity (Wildman–Crippen MR) is 162 cm³/mol. The zero-order chi connectivity index (χ0) is 31.6. The Labute approximate surface area is 254 Å². The number of carbonyl (C=O) groups excluding carboxylic acids is 2. The summed E-state index contributed by atoms with van der Waals surface area (Å²) in [4.78, 5) is 28.7. The van der Waals surface area contributed by atoms with E-state index in [1.807, 2.05) is 0 Å². The summed E-state index contributed by atoms with van der Waals surface area (Å²) in [5.74, 6) is -5.48. The van der Waals surface area contributed by atoms with Crippen molar-refractivity contribution >= 4 is 30.9 Å². The second-order valence-corrected chi connectivity index (χ2v) is 17.8. The van der Waals surface area contributed by atoms with Crippen LogP contribution in [0.1, 0.15) is 41.5 Å². The van der Waals surface area contributed by atoms with Gasteiger partial charge >= 0.3 is 256 Å². The van der Waals surface area contributed by atoms with Gasteiger partial charge in [0.05, 0.1) is 0 Å². The Hall–Kier alpha value is -3.23. The molecule has 0 atom stereocenters. The van der Waals surface area contributed by atoms with Crippen LogP contribution in [0.5, 0.6) is 0 Å². The molecule has 9 heteroatoms. The summed E-state index contributed by atoms with van der Waals surface area (Å²) in [6.07, 6.45) is 13.8. The minimum atomic E-state index is -5.08. The SMILES string of the molecule is CCN(C(=O)C(C)C)c1ccc(F)[c]([Ti]([c]2c(F)ccc(N(CC)C(=O)C(C)C)c2F)([CH]2C=CC=C2)[CH]2C=CC=C2)c1F. The fourth-order valence-electron chi connectivity index (χ4n) is 6.26. The first-order valence-corrected chi connectivity index (χ1v) is 18.1. The topological polar surface area (TPSA) is 40.6 Å². The van der Waals surface area contributed by atoms with Crippen molar-refractivity contribution in [1.82, 2.24) is 0 Å². The van der Waals surface area contributed by atoms with Crippen molar-refractivity contribution in [3.63, 3.8) is 0 Å². The number of nitrogens with zero attached hydrogens (tertiary/aromatic N) is 2. The third-order valence-corrected chi connectivity index (χ3v) is 16.8. The monoisotopic (exact) mass is 630 g/mol. The van der Waals surface area contributed by atoms with Crippen molar-refractivity contribution in [3.8, 4) is 0 Å². The molecule has 0 aromatic heterocycles. The Bertz CT molecular complexity index is 1390. The van der Waals surface area contributed by atoms with E-state index >= 15 is 17.6 Å². The number of carbonyl (C=O) groups is 2. The van der Waals surface area contributed by atoms with E-state index in [0.29, 0.717) is 0 Å². The summed E-state index contributed by atoms with van der Waals surface area (Å²) in [7, 11) is 0. The van der Waals surface area contributed by atoms with Crippen molar-refractivity contribution in [2.45, 2.75) is 50.0 Å². The second-order valence-electron chi connectivity index (χ2n) is 11.4. The normalized spacial score (nSPS) is 15.0. The fourth-order valence-corrected chi connectivity index (χ4v) is 15.0. The van der Waals surface area contributed by atoms with Gasteiger partial charge in [-0.05, 0) is 0 Å². The number of hydrogen-bond acceptors (Lipinski definition) is 2. The molecule has 0 heterocycles. The molecule has 2 aromatic carbocycles. The van der Waals surface area contributed by atoms with E-state index in [4.69, 9.17) is 0 Å². The zero-order valence-corrected chi connectivity index (χ0v) is 26.9. The number of anilines is 2. The minimum absolute atomic E-state index is 0.118. The summed E-state index contributed by atoms with van der Waals surface area (Å²) >= 11 is -5.08. The summed E-state index contributed by atoms with van der Waals surface area (Å²) in [5, 5.41) is 0. The van der Waals surface area contributed by atoms with Crippen LogP contribution in [0, 0.1) is 35.1 Å². The number of amides is 2. The van der Waals surface area contributed by atoms with Crippen LogP contribution in [0.2, 0.25) is 8.45 Å². The number of halogens is 4. The van der Waals surface area contributed by atoms with E-state index in [2.05, 4.69) is 0 Å². The molecule has 2 aliphatic rings. The Morgan fingerprint density at radius 2 is 0.977 bits per heavy atom. The summed E-state index contributed by atoms with van der Waals surface area (Å²) in [5.41, 5.74) is -0.265. The Morgan fingerprint density at radius 3 is 1.26 bits per heavy atom.